The third-order valence-corrected chi connectivity index (χ3v) is 3.01. The Morgan fingerprint density at radius 1 is 1.29 bits per heavy atom. The van der Waals surface area contributed by atoms with Gasteiger partial charge in [0.2, 0.25) is 0 Å². The van der Waals surface area contributed by atoms with Crippen LogP contribution in [0.1, 0.15) is 31.4 Å². The van der Waals surface area contributed by atoms with Crippen LogP contribution in [0.15, 0.2) is 24.3 Å². The summed E-state index contributed by atoms with van der Waals surface area (Å²) in [6, 6.07) is 8.50. The number of hydrogen-bond acceptors (Lipinski definition) is 2. The Balaban J connectivity index is 1.90. The largest absolute Gasteiger partial charge is 0.335 e. The fourth-order valence-electron chi connectivity index (χ4n) is 1.60. The number of carbonyl (C=O) groups is 1. The Bertz CT molecular complexity index is 384. The highest BCUT2D eigenvalue weighted by molar-refractivity contribution is 5.89. The van der Waals surface area contributed by atoms with E-state index in [0.717, 1.165) is 18.5 Å². The van der Waals surface area contributed by atoms with Crippen LogP contribution in [0.3, 0.4) is 0 Å². The lowest BCUT2D eigenvalue weighted by molar-refractivity contribution is 0.251. The molecule has 17 heavy (non-hydrogen) atoms. The molecular formula is C13H19N3O. The second-order valence-corrected chi connectivity index (χ2v) is 4.51. The molecule has 0 bridgehead atoms. The lowest BCUT2D eigenvalue weighted by atomic mass is 10.1. The number of anilines is 1. The maximum absolute atomic E-state index is 11.5. The van der Waals surface area contributed by atoms with E-state index in [9.17, 15) is 4.79 Å². The summed E-state index contributed by atoms with van der Waals surface area (Å²) in [6.07, 6.45) is 2.21. The van der Waals surface area contributed by atoms with E-state index in [2.05, 4.69) is 22.9 Å². The lowest BCUT2D eigenvalue weighted by Crippen LogP contribution is -2.30. The molecule has 2 amide bonds. The van der Waals surface area contributed by atoms with E-state index in [1.165, 1.54) is 5.56 Å². The summed E-state index contributed by atoms with van der Waals surface area (Å²) >= 11 is 0. The van der Waals surface area contributed by atoms with Crippen molar-refractivity contribution in [3.05, 3.63) is 29.8 Å². The van der Waals surface area contributed by atoms with Crippen LogP contribution < -0.4 is 16.0 Å². The van der Waals surface area contributed by atoms with Crippen LogP contribution in [0, 0.1) is 0 Å². The molecule has 1 saturated carbocycles. The van der Waals surface area contributed by atoms with Crippen molar-refractivity contribution in [1.82, 2.24) is 10.6 Å². The van der Waals surface area contributed by atoms with Gasteiger partial charge >= 0.3 is 6.03 Å². The number of carbonyl (C=O) groups excluding carboxylic acids is 1. The molecule has 0 radical (unpaired) electrons. The Hall–Kier alpha value is -1.55. The van der Waals surface area contributed by atoms with Crippen molar-refractivity contribution in [1.29, 1.82) is 0 Å². The monoisotopic (exact) mass is 233 g/mol. The molecule has 0 saturated heterocycles. The van der Waals surface area contributed by atoms with Gasteiger partial charge in [0.15, 0.2) is 0 Å². The first-order valence-electron chi connectivity index (χ1n) is 6.04. The first kappa shape index (κ1) is 11.9. The normalized spacial score (nSPS) is 16.4. The molecule has 0 aliphatic heterocycles. The molecule has 1 aliphatic rings. The van der Waals surface area contributed by atoms with E-state index in [0.29, 0.717) is 12.1 Å². The first-order valence-corrected chi connectivity index (χ1v) is 6.04. The highest BCUT2D eigenvalue weighted by atomic mass is 16.2. The number of benzene rings is 1. The van der Waals surface area contributed by atoms with Crippen LogP contribution in [-0.4, -0.2) is 19.1 Å². The average molecular weight is 233 g/mol. The lowest BCUT2D eigenvalue weighted by Gasteiger charge is -2.11. The van der Waals surface area contributed by atoms with Crippen LogP contribution in [0.25, 0.3) is 0 Å². The molecule has 0 spiro atoms. The molecule has 0 heterocycles. The average Bonchev–Trinajstić information content (AvgIpc) is 3.12. The minimum absolute atomic E-state index is 0.109. The molecule has 1 aliphatic carbocycles. The number of urea groups is 1. The Morgan fingerprint density at radius 3 is 2.47 bits per heavy atom. The summed E-state index contributed by atoms with van der Waals surface area (Å²) in [5, 5.41) is 8.89. The van der Waals surface area contributed by atoms with Gasteiger partial charge in [-0.15, -0.1) is 0 Å². The SMILES string of the molecule is CNC(C)c1ccc(NC(=O)NC2CC2)cc1. The van der Waals surface area contributed by atoms with Crippen molar-refractivity contribution in [2.75, 3.05) is 12.4 Å². The first-order chi connectivity index (χ1) is 8.19. The molecule has 92 valence electrons. The predicted molar refractivity (Wildman–Crippen MR) is 69.1 cm³/mol. The van der Waals surface area contributed by atoms with E-state index >= 15 is 0 Å². The van der Waals surface area contributed by atoms with Crippen LogP contribution in [0.2, 0.25) is 0 Å². The minimum Gasteiger partial charge on any atom is -0.335 e. The van der Waals surface area contributed by atoms with E-state index < -0.39 is 0 Å². The molecule has 1 unspecified atom stereocenters. The van der Waals surface area contributed by atoms with E-state index in [-0.39, 0.29) is 6.03 Å². The fourth-order valence-corrected chi connectivity index (χ4v) is 1.60. The topological polar surface area (TPSA) is 53.2 Å². The predicted octanol–water partition coefficient (Wildman–Crippen LogP) is 2.25. The van der Waals surface area contributed by atoms with E-state index in [1.807, 2.05) is 31.3 Å². The molecule has 2 rings (SSSR count). The Labute approximate surface area is 102 Å². The fraction of sp³-hybridized carbons (Fsp3) is 0.462. The van der Waals surface area contributed by atoms with E-state index in [4.69, 9.17) is 0 Å². The van der Waals surface area contributed by atoms with Gasteiger partial charge in [-0.2, -0.15) is 0 Å². The zero-order chi connectivity index (χ0) is 12.3. The quantitative estimate of drug-likeness (QED) is 0.747. The summed E-state index contributed by atoms with van der Waals surface area (Å²) in [4.78, 5) is 11.5. The second kappa shape index (κ2) is 5.19. The molecular weight excluding hydrogens is 214 g/mol. The number of rotatable bonds is 4. The Morgan fingerprint density at radius 2 is 1.94 bits per heavy atom. The van der Waals surface area contributed by atoms with Crippen LogP contribution in [0.5, 0.6) is 0 Å². The molecule has 1 aromatic carbocycles. The summed E-state index contributed by atoms with van der Waals surface area (Å²) in [5.41, 5.74) is 2.04. The molecule has 1 fully saturated rings. The van der Waals surface area contributed by atoms with Gasteiger partial charge in [-0.1, -0.05) is 12.1 Å². The standard InChI is InChI=1S/C13H19N3O/c1-9(14-2)10-3-5-11(6-4-10)15-13(17)16-12-7-8-12/h3-6,9,12,14H,7-8H2,1-2H3,(H2,15,16,17). The van der Waals surface area contributed by atoms with Crippen molar-refractivity contribution in [2.24, 2.45) is 0 Å². The zero-order valence-corrected chi connectivity index (χ0v) is 10.3. The maximum atomic E-state index is 11.5. The number of amides is 2. The molecule has 0 aromatic heterocycles. The highest BCUT2D eigenvalue weighted by Gasteiger charge is 2.23. The summed E-state index contributed by atoms with van der Waals surface area (Å²) in [5.74, 6) is 0. The highest BCUT2D eigenvalue weighted by Crippen LogP contribution is 2.19. The van der Waals surface area contributed by atoms with Gasteiger partial charge in [0.05, 0.1) is 0 Å². The van der Waals surface area contributed by atoms with Gasteiger partial charge in [0, 0.05) is 17.8 Å². The summed E-state index contributed by atoms with van der Waals surface area (Å²) in [7, 11) is 1.93. The molecule has 4 nitrogen and oxygen atoms in total. The third-order valence-electron chi connectivity index (χ3n) is 3.01. The van der Waals surface area contributed by atoms with Crippen molar-refractivity contribution in [3.63, 3.8) is 0 Å². The van der Waals surface area contributed by atoms with Gasteiger partial charge < -0.3 is 16.0 Å². The third kappa shape index (κ3) is 3.46. The maximum Gasteiger partial charge on any atom is 0.319 e. The molecule has 4 heteroatoms. The Kier molecular flexibility index (Phi) is 3.64. The van der Waals surface area contributed by atoms with Gasteiger partial charge in [-0.05, 0) is 44.5 Å². The van der Waals surface area contributed by atoms with Crippen LogP contribution >= 0.6 is 0 Å². The summed E-state index contributed by atoms with van der Waals surface area (Å²) in [6.45, 7) is 2.10. The number of hydrogen-bond donors (Lipinski definition) is 3. The second-order valence-electron chi connectivity index (χ2n) is 4.51. The van der Waals surface area contributed by atoms with Gasteiger partial charge in [0.1, 0.15) is 0 Å². The van der Waals surface area contributed by atoms with Crippen LogP contribution in [0.4, 0.5) is 10.5 Å². The molecule has 1 aromatic rings. The minimum atomic E-state index is -0.109. The van der Waals surface area contributed by atoms with E-state index in [1.54, 1.807) is 0 Å². The van der Waals surface area contributed by atoms with Crippen molar-refractivity contribution in [3.8, 4) is 0 Å². The molecule has 3 N–H and O–H groups in total. The van der Waals surface area contributed by atoms with Gasteiger partial charge in [0.25, 0.3) is 0 Å². The van der Waals surface area contributed by atoms with Gasteiger partial charge in [-0.25, -0.2) is 4.79 Å². The van der Waals surface area contributed by atoms with Crippen molar-refractivity contribution < 1.29 is 4.79 Å². The van der Waals surface area contributed by atoms with Crippen molar-refractivity contribution in [2.45, 2.75) is 31.8 Å². The smallest absolute Gasteiger partial charge is 0.319 e. The van der Waals surface area contributed by atoms with Gasteiger partial charge in [-0.3, -0.25) is 0 Å². The molecule has 1 atom stereocenters. The summed E-state index contributed by atoms with van der Waals surface area (Å²) < 4.78 is 0. The number of nitrogens with one attached hydrogen (secondary N) is 3. The van der Waals surface area contributed by atoms with Crippen LogP contribution in [-0.2, 0) is 0 Å². The zero-order valence-electron chi connectivity index (χ0n) is 10.3. The van der Waals surface area contributed by atoms with Crippen molar-refractivity contribution >= 4 is 11.7 Å².